The molecule has 6 nitrogen and oxygen atoms in total. The summed E-state index contributed by atoms with van der Waals surface area (Å²) in [5.74, 6) is 0. The molecule has 1 saturated carbocycles. The molecule has 0 spiro atoms. The molecule has 0 aromatic heterocycles. The number of hydrogen-bond acceptors (Lipinski definition) is 5. The first-order valence-electron chi connectivity index (χ1n) is 6.28. The van der Waals surface area contributed by atoms with E-state index in [9.17, 15) is 16.8 Å². The van der Waals surface area contributed by atoms with E-state index in [2.05, 4.69) is 4.72 Å². The lowest BCUT2D eigenvalue weighted by Crippen LogP contribution is -2.49. The molecule has 1 aliphatic rings. The SMILES string of the molecule is COC1(CNS(=O)(=O)c2cccc(S(=O)(=O)Cl)c2)CCC1. The van der Waals surface area contributed by atoms with Gasteiger partial charge in [0.15, 0.2) is 0 Å². The molecule has 0 amide bonds. The Morgan fingerprint density at radius 2 is 1.86 bits per heavy atom. The van der Waals surface area contributed by atoms with Gasteiger partial charge in [-0.3, -0.25) is 0 Å². The molecule has 0 unspecified atom stereocenters. The highest BCUT2D eigenvalue weighted by atomic mass is 35.7. The maximum atomic E-state index is 12.2. The van der Waals surface area contributed by atoms with E-state index in [-0.39, 0.29) is 16.3 Å². The molecule has 0 aliphatic heterocycles. The lowest BCUT2D eigenvalue weighted by atomic mass is 9.80. The zero-order valence-corrected chi connectivity index (χ0v) is 13.8. The van der Waals surface area contributed by atoms with Crippen molar-refractivity contribution < 1.29 is 21.6 Å². The second-order valence-corrected chi connectivity index (χ2v) is 9.31. The standard InChI is InChI=1S/C12H16ClNO5S2/c1-19-12(6-3-7-12)9-14-21(17,18)11-5-2-4-10(8-11)20(13,15)16/h2,4-5,8,14H,3,6-7,9H2,1H3. The zero-order chi connectivity index (χ0) is 15.7. The van der Waals surface area contributed by atoms with E-state index in [4.69, 9.17) is 15.4 Å². The van der Waals surface area contributed by atoms with Gasteiger partial charge in [-0.25, -0.2) is 21.6 Å². The maximum Gasteiger partial charge on any atom is 0.261 e. The first-order chi connectivity index (χ1) is 9.69. The molecule has 0 heterocycles. The molecule has 1 aromatic rings. The summed E-state index contributed by atoms with van der Waals surface area (Å²) in [6, 6.07) is 4.92. The van der Waals surface area contributed by atoms with E-state index in [0.29, 0.717) is 0 Å². The van der Waals surface area contributed by atoms with Gasteiger partial charge in [-0.1, -0.05) is 6.07 Å². The molecule has 0 saturated heterocycles. The van der Waals surface area contributed by atoms with E-state index in [1.165, 1.54) is 18.2 Å². The maximum absolute atomic E-state index is 12.2. The number of rotatable bonds is 6. The topological polar surface area (TPSA) is 89.5 Å². The van der Waals surface area contributed by atoms with Crippen LogP contribution in [-0.4, -0.2) is 36.1 Å². The molecule has 9 heteroatoms. The summed E-state index contributed by atoms with van der Waals surface area (Å²) in [6.45, 7) is 0.156. The molecule has 0 bridgehead atoms. The Morgan fingerprint density at radius 1 is 1.24 bits per heavy atom. The average Bonchev–Trinajstić information content (AvgIpc) is 2.37. The molecule has 1 N–H and O–H groups in total. The number of benzene rings is 1. The van der Waals surface area contributed by atoms with Gasteiger partial charge in [0.25, 0.3) is 9.05 Å². The summed E-state index contributed by atoms with van der Waals surface area (Å²) in [5.41, 5.74) is -0.455. The Kier molecular flexibility index (Phi) is 4.65. The fourth-order valence-electron chi connectivity index (χ4n) is 2.13. The summed E-state index contributed by atoms with van der Waals surface area (Å²) in [5, 5.41) is 0. The van der Waals surface area contributed by atoms with Gasteiger partial charge in [-0.2, -0.15) is 0 Å². The monoisotopic (exact) mass is 353 g/mol. The molecule has 1 aliphatic carbocycles. The molecular weight excluding hydrogens is 338 g/mol. The summed E-state index contributed by atoms with van der Waals surface area (Å²) in [4.78, 5) is -0.396. The van der Waals surface area contributed by atoms with Gasteiger partial charge in [0, 0.05) is 24.3 Å². The average molecular weight is 354 g/mol. The minimum atomic E-state index is -3.97. The lowest BCUT2D eigenvalue weighted by Gasteiger charge is -2.40. The molecule has 118 valence electrons. The Labute approximate surface area is 128 Å². The van der Waals surface area contributed by atoms with Crippen LogP contribution in [0.4, 0.5) is 0 Å². The molecule has 0 atom stereocenters. The third kappa shape index (κ3) is 3.75. The quantitative estimate of drug-likeness (QED) is 0.782. The molecule has 0 radical (unpaired) electrons. The summed E-state index contributed by atoms with van der Waals surface area (Å²) in [7, 11) is -1.02. The van der Waals surface area contributed by atoms with Crippen molar-refractivity contribution in [3.8, 4) is 0 Å². The number of methoxy groups -OCH3 is 1. The van der Waals surface area contributed by atoms with Crippen molar-refractivity contribution in [3.63, 3.8) is 0 Å². The van der Waals surface area contributed by atoms with Gasteiger partial charge >= 0.3 is 0 Å². The lowest BCUT2D eigenvalue weighted by molar-refractivity contribution is -0.0659. The summed E-state index contributed by atoms with van der Waals surface area (Å²) < 4.78 is 54.7. The van der Waals surface area contributed by atoms with Crippen molar-refractivity contribution in [2.45, 2.75) is 34.7 Å². The van der Waals surface area contributed by atoms with Crippen LogP contribution in [0.5, 0.6) is 0 Å². The van der Waals surface area contributed by atoms with E-state index in [1.807, 2.05) is 0 Å². The van der Waals surface area contributed by atoms with Crippen LogP contribution in [0.3, 0.4) is 0 Å². The van der Waals surface area contributed by atoms with Gasteiger partial charge in [0.2, 0.25) is 10.0 Å². The Bertz CT molecular complexity index is 720. The van der Waals surface area contributed by atoms with Crippen molar-refractivity contribution in [1.29, 1.82) is 0 Å². The fraction of sp³-hybridized carbons (Fsp3) is 0.500. The first kappa shape index (κ1) is 16.7. The van der Waals surface area contributed by atoms with Gasteiger partial charge in [0.1, 0.15) is 0 Å². The number of ether oxygens (including phenoxy) is 1. The highest BCUT2D eigenvalue weighted by molar-refractivity contribution is 8.13. The largest absolute Gasteiger partial charge is 0.377 e. The van der Waals surface area contributed by atoms with Gasteiger partial charge in [-0.05, 0) is 37.5 Å². The number of sulfonamides is 1. The molecule has 21 heavy (non-hydrogen) atoms. The van der Waals surface area contributed by atoms with Crippen LogP contribution >= 0.6 is 10.7 Å². The first-order valence-corrected chi connectivity index (χ1v) is 10.1. The van der Waals surface area contributed by atoms with E-state index in [1.54, 1.807) is 7.11 Å². The van der Waals surface area contributed by atoms with Crippen LogP contribution < -0.4 is 4.72 Å². The van der Waals surface area contributed by atoms with Crippen molar-refractivity contribution >= 4 is 29.8 Å². The van der Waals surface area contributed by atoms with Crippen LogP contribution in [0, 0.1) is 0 Å². The minimum absolute atomic E-state index is 0.144. The molecule has 1 fully saturated rings. The number of hydrogen-bond donors (Lipinski definition) is 1. The van der Waals surface area contributed by atoms with Crippen LogP contribution in [-0.2, 0) is 23.8 Å². The summed E-state index contributed by atoms with van der Waals surface area (Å²) >= 11 is 0. The fourth-order valence-corrected chi connectivity index (χ4v) is 4.16. The number of halogens is 1. The van der Waals surface area contributed by atoms with Crippen molar-refractivity contribution in [2.75, 3.05) is 13.7 Å². The van der Waals surface area contributed by atoms with Crippen molar-refractivity contribution in [2.24, 2.45) is 0 Å². The van der Waals surface area contributed by atoms with Crippen LogP contribution in [0.25, 0.3) is 0 Å². The van der Waals surface area contributed by atoms with Crippen LogP contribution in [0.2, 0.25) is 0 Å². The highest BCUT2D eigenvalue weighted by Gasteiger charge is 2.38. The van der Waals surface area contributed by atoms with Gasteiger partial charge < -0.3 is 4.74 Å². The minimum Gasteiger partial charge on any atom is -0.377 e. The molecular formula is C12H16ClNO5S2. The smallest absolute Gasteiger partial charge is 0.261 e. The third-order valence-electron chi connectivity index (χ3n) is 3.68. The van der Waals surface area contributed by atoms with Crippen LogP contribution in [0.1, 0.15) is 19.3 Å². The van der Waals surface area contributed by atoms with Gasteiger partial charge in [-0.15, -0.1) is 0 Å². The van der Waals surface area contributed by atoms with E-state index < -0.39 is 24.7 Å². The second-order valence-electron chi connectivity index (χ2n) is 4.98. The van der Waals surface area contributed by atoms with Crippen LogP contribution in [0.15, 0.2) is 34.1 Å². The Balaban J connectivity index is 2.20. The second kappa shape index (κ2) is 5.85. The highest BCUT2D eigenvalue weighted by Crippen LogP contribution is 2.34. The van der Waals surface area contributed by atoms with Gasteiger partial charge in [0.05, 0.1) is 15.4 Å². The normalized spacial score (nSPS) is 18.2. The third-order valence-corrected chi connectivity index (χ3v) is 6.43. The Morgan fingerprint density at radius 3 is 2.33 bits per heavy atom. The predicted octanol–water partition coefficient (Wildman–Crippen LogP) is 1.46. The van der Waals surface area contributed by atoms with E-state index >= 15 is 0 Å². The predicted molar refractivity (Wildman–Crippen MR) is 78.3 cm³/mol. The van der Waals surface area contributed by atoms with Crippen molar-refractivity contribution in [3.05, 3.63) is 24.3 Å². The Hall–Kier alpha value is -0.670. The molecule has 2 rings (SSSR count). The molecule has 1 aromatic carbocycles. The zero-order valence-electron chi connectivity index (χ0n) is 11.4. The number of nitrogens with one attached hydrogen (secondary N) is 1. The summed E-state index contributed by atoms with van der Waals surface area (Å²) in [6.07, 6.45) is 2.58. The van der Waals surface area contributed by atoms with Crippen molar-refractivity contribution in [1.82, 2.24) is 4.72 Å². The van der Waals surface area contributed by atoms with E-state index in [0.717, 1.165) is 25.3 Å².